The lowest BCUT2D eigenvalue weighted by atomic mass is 9.79. The summed E-state index contributed by atoms with van der Waals surface area (Å²) < 4.78 is 0. The van der Waals surface area contributed by atoms with Crippen molar-refractivity contribution < 1.29 is 0 Å². The maximum atomic E-state index is 3.68. The minimum atomic E-state index is 0.626. The van der Waals surface area contributed by atoms with Crippen LogP contribution in [0.25, 0.3) is 0 Å². The zero-order chi connectivity index (χ0) is 11.3. The fourth-order valence-corrected chi connectivity index (χ4v) is 3.02. The van der Waals surface area contributed by atoms with Crippen molar-refractivity contribution in [2.45, 2.75) is 72.3 Å². The van der Waals surface area contributed by atoms with Crippen LogP contribution in [0.2, 0.25) is 0 Å². The molecule has 0 saturated heterocycles. The Morgan fingerprint density at radius 2 is 2.13 bits per heavy atom. The van der Waals surface area contributed by atoms with Crippen LogP contribution < -0.4 is 5.32 Å². The van der Waals surface area contributed by atoms with E-state index in [1.54, 1.807) is 0 Å². The summed E-state index contributed by atoms with van der Waals surface area (Å²) in [7, 11) is 0. The molecule has 90 valence electrons. The molecule has 0 heterocycles. The largest absolute Gasteiger partial charge is 0.314 e. The van der Waals surface area contributed by atoms with Gasteiger partial charge in [-0.25, -0.2) is 0 Å². The van der Waals surface area contributed by atoms with Crippen molar-refractivity contribution in [2.75, 3.05) is 6.54 Å². The van der Waals surface area contributed by atoms with Crippen LogP contribution >= 0.6 is 0 Å². The predicted molar refractivity (Wildman–Crippen MR) is 68.1 cm³/mol. The van der Waals surface area contributed by atoms with Gasteiger partial charge in [-0.1, -0.05) is 34.1 Å². The molecule has 1 nitrogen and oxygen atoms in total. The smallest absolute Gasteiger partial charge is 0.00724 e. The van der Waals surface area contributed by atoms with Gasteiger partial charge in [-0.2, -0.15) is 0 Å². The molecule has 1 rings (SSSR count). The minimum Gasteiger partial charge on any atom is -0.314 e. The molecule has 0 radical (unpaired) electrons. The highest BCUT2D eigenvalue weighted by Gasteiger charge is 2.35. The standard InChI is InChI=1S/C14H29N/c1-5-9-15-13-7-8-14(4,11-13)10-12(3)6-2/h12-13,15H,5-11H2,1-4H3. The lowest BCUT2D eigenvalue weighted by molar-refractivity contribution is 0.245. The van der Waals surface area contributed by atoms with Gasteiger partial charge in [0.05, 0.1) is 0 Å². The predicted octanol–water partition coefficient (Wildman–Crippen LogP) is 3.98. The second-order valence-electron chi connectivity index (χ2n) is 5.92. The molecule has 1 heteroatoms. The molecular formula is C14H29N. The van der Waals surface area contributed by atoms with Crippen molar-refractivity contribution in [1.29, 1.82) is 0 Å². The normalized spacial score (nSPS) is 33.2. The van der Waals surface area contributed by atoms with Crippen molar-refractivity contribution in [3.05, 3.63) is 0 Å². The molecule has 15 heavy (non-hydrogen) atoms. The maximum absolute atomic E-state index is 3.68. The SMILES string of the molecule is CCCNC1CCC(C)(CC(C)CC)C1. The van der Waals surface area contributed by atoms with E-state index >= 15 is 0 Å². The Bertz CT molecular complexity index is 178. The first-order chi connectivity index (χ1) is 7.09. The van der Waals surface area contributed by atoms with Gasteiger partial charge in [0.2, 0.25) is 0 Å². The van der Waals surface area contributed by atoms with Crippen molar-refractivity contribution in [3.8, 4) is 0 Å². The topological polar surface area (TPSA) is 12.0 Å². The van der Waals surface area contributed by atoms with Gasteiger partial charge < -0.3 is 5.32 Å². The van der Waals surface area contributed by atoms with Crippen LogP contribution in [0.5, 0.6) is 0 Å². The van der Waals surface area contributed by atoms with Crippen LogP contribution in [0.1, 0.15) is 66.2 Å². The summed E-state index contributed by atoms with van der Waals surface area (Å²) in [6, 6.07) is 0.805. The first kappa shape index (κ1) is 13.0. The van der Waals surface area contributed by atoms with Gasteiger partial charge >= 0.3 is 0 Å². The Hall–Kier alpha value is -0.0400. The summed E-state index contributed by atoms with van der Waals surface area (Å²) >= 11 is 0. The summed E-state index contributed by atoms with van der Waals surface area (Å²) in [5.41, 5.74) is 0.626. The van der Waals surface area contributed by atoms with Crippen LogP contribution in [0.15, 0.2) is 0 Å². The van der Waals surface area contributed by atoms with Crippen molar-refractivity contribution in [2.24, 2.45) is 11.3 Å². The van der Waals surface area contributed by atoms with Crippen molar-refractivity contribution in [1.82, 2.24) is 5.32 Å². The average molecular weight is 211 g/mol. The van der Waals surface area contributed by atoms with E-state index in [2.05, 4.69) is 33.0 Å². The summed E-state index contributed by atoms with van der Waals surface area (Å²) in [4.78, 5) is 0. The van der Waals surface area contributed by atoms with Gasteiger partial charge in [-0.15, -0.1) is 0 Å². The minimum absolute atomic E-state index is 0.626. The van der Waals surface area contributed by atoms with E-state index < -0.39 is 0 Å². The Kier molecular flexibility index (Phi) is 5.11. The Morgan fingerprint density at radius 3 is 2.73 bits per heavy atom. The molecule has 0 amide bonds. The van der Waals surface area contributed by atoms with Crippen LogP contribution in [0.4, 0.5) is 0 Å². The van der Waals surface area contributed by atoms with Crippen LogP contribution in [-0.4, -0.2) is 12.6 Å². The van der Waals surface area contributed by atoms with E-state index in [1.807, 2.05) is 0 Å². The van der Waals surface area contributed by atoms with Gasteiger partial charge in [0, 0.05) is 6.04 Å². The van der Waals surface area contributed by atoms with Crippen molar-refractivity contribution >= 4 is 0 Å². The van der Waals surface area contributed by atoms with Gasteiger partial charge in [0.25, 0.3) is 0 Å². The zero-order valence-corrected chi connectivity index (χ0v) is 11.1. The zero-order valence-electron chi connectivity index (χ0n) is 11.1. The molecule has 0 aliphatic heterocycles. The summed E-state index contributed by atoms with van der Waals surface area (Å²) in [5.74, 6) is 0.903. The van der Waals surface area contributed by atoms with E-state index in [1.165, 1.54) is 45.1 Å². The number of rotatable bonds is 6. The second kappa shape index (κ2) is 5.89. The average Bonchev–Trinajstić information content (AvgIpc) is 2.57. The van der Waals surface area contributed by atoms with E-state index in [4.69, 9.17) is 0 Å². The quantitative estimate of drug-likeness (QED) is 0.700. The number of hydrogen-bond acceptors (Lipinski definition) is 1. The molecule has 1 saturated carbocycles. The van der Waals surface area contributed by atoms with Gasteiger partial charge in [-0.3, -0.25) is 0 Å². The lowest BCUT2D eigenvalue weighted by Crippen LogP contribution is -2.28. The van der Waals surface area contributed by atoms with Gasteiger partial charge in [0.1, 0.15) is 0 Å². The second-order valence-corrected chi connectivity index (χ2v) is 5.92. The summed E-state index contributed by atoms with van der Waals surface area (Å²) in [5, 5.41) is 3.68. The third-order valence-corrected chi connectivity index (χ3v) is 4.06. The Morgan fingerprint density at radius 1 is 1.40 bits per heavy atom. The molecule has 3 atom stereocenters. The molecule has 3 unspecified atom stereocenters. The molecule has 1 aliphatic rings. The molecular weight excluding hydrogens is 182 g/mol. The van der Waals surface area contributed by atoms with E-state index in [0.29, 0.717) is 5.41 Å². The molecule has 0 bridgehead atoms. The lowest BCUT2D eigenvalue weighted by Gasteiger charge is -2.27. The first-order valence-corrected chi connectivity index (χ1v) is 6.83. The van der Waals surface area contributed by atoms with E-state index in [-0.39, 0.29) is 0 Å². The first-order valence-electron chi connectivity index (χ1n) is 6.83. The summed E-state index contributed by atoms with van der Waals surface area (Å²) in [6.45, 7) is 10.7. The monoisotopic (exact) mass is 211 g/mol. The van der Waals surface area contributed by atoms with Crippen LogP contribution in [0, 0.1) is 11.3 Å². The molecule has 1 fully saturated rings. The molecule has 0 spiro atoms. The Balaban J connectivity index is 2.32. The molecule has 1 aliphatic carbocycles. The van der Waals surface area contributed by atoms with Crippen LogP contribution in [-0.2, 0) is 0 Å². The third-order valence-electron chi connectivity index (χ3n) is 4.06. The highest BCUT2D eigenvalue weighted by molar-refractivity contribution is 4.90. The molecule has 1 N–H and O–H groups in total. The highest BCUT2D eigenvalue weighted by Crippen LogP contribution is 2.43. The highest BCUT2D eigenvalue weighted by atomic mass is 14.9. The fraction of sp³-hybridized carbons (Fsp3) is 1.00. The fourth-order valence-electron chi connectivity index (χ4n) is 3.02. The van der Waals surface area contributed by atoms with Crippen molar-refractivity contribution in [3.63, 3.8) is 0 Å². The van der Waals surface area contributed by atoms with Crippen LogP contribution in [0.3, 0.4) is 0 Å². The summed E-state index contributed by atoms with van der Waals surface area (Å²) in [6.07, 6.45) is 8.25. The molecule has 0 aromatic heterocycles. The Labute approximate surface area is 96.0 Å². The van der Waals surface area contributed by atoms with Gasteiger partial charge in [-0.05, 0) is 50.0 Å². The van der Waals surface area contributed by atoms with E-state index in [0.717, 1.165) is 12.0 Å². The number of hydrogen-bond donors (Lipinski definition) is 1. The molecule has 0 aromatic carbocycles. The maximum Gasteiger partial charge on any atom is 0.00724 e. The van der Waals surface area contributed by atoms with Gasteiger partial charge in [0.15, 0.2) is 0 Å². The van der Waals surface area contributed by atoms with E-state index in [9.17, 15) is 0 Å². The number of nitrogens with one attached hydrogen (secondary N) is 1. The third kappa shape index (κ3) is 4.14. The molecule has 0 aromatic rings.